The quantitative estimate of drug-likeness (QED) is 0.716. The number of benzene rings is 2. The van der Waals surface area contributed by atoms with Crippen LogP contribution < -0.4 is 5.32 Å². The second-order valence-electron chi connectivity index (χ2n) is 5.82. The van der Waals surface area contributed by atoms with Crippen LogP contribution in [0.1, 0.15) is 43.9 Å². The molecule has 3 heteroatoms. The number of fused-ring (bicyclic) bond motifs is 1. The van der Waals surface area contributed by atoms with Crippen molar-refractivity contribution in [3.05, 3.63) is 59.8 Å². The lowest BCUT2D eigenvalue weighted by molar-refractivity contribution is 0.852. The van der Waals surface area contributed by atoms with Crippen LogP contribution in [0, 0.1) is 0 Å². The average Bonchev–Trinajstić information content (AvgIpc) is 2.97. The molecule has 3 nitrogen and oxygen atoms in total. The molecule has 2 aromatic carbocycles. The highest BCUT2D eigenvalue weighted by Crippen LogP contribution is 2.26. The molecule has 0 spiro atoms. The molecule has 0 amide bonds. The van der Waals surface area contributed by atoms with Gasteiger partial charge in [-0.2, -0.15) is 5.10 Å². The van der Waals surface area contributed by atoms with Crippen LogP contribution in [0.3, 0.4) is 0 Å². The number of aromatic nitrogens is 2. The van der Waals surface area contributed by atoms with E-state index in [0.29, 0.717) is 5.92 Å². The molecule has 0 radical (unpaired) electrons. The smallest absolute Gasteiger partial charge is 0.0671 e. The molecule has 0 saturated carbocycles. The number of anilines is 1. The van der Waals surface area contributed by atoms with Gasteiger partial charge in [0, 0.05) is 17.1 Å². The molecular formula is C18H21N3. The zero-order valence-electron chi connectivity index (χ0n) is 12.7. The van der Waals surface area contributed by atoms with Crippen LogP contribution >= 0.6 is 0 Å². The molecular weight excluding hydrogens is 258 g/mol. The summed E-state index contributed by atoms with van der Waals surface area (Å²) in [5.41, 5.74) is 4.84. The van der Waals surface area contributed by atoms with E-state index < -0.39 is 0 Å². The predicted molar refractivity (Wildman–Crippen MR) is 88.7 cm³/mol. The summed E-state index contributed by atoms with van der Waals surface area (Å²) < 4.78 is 0. The summed E-state index contributed by atoms with van der Waals surface area (Å²) in [4.78, 5) is 0. The lowest BCUT2D eigenvalue weighted by Crippen LogP contribution is -2.06. The third-order valence-electron chi connectivity index (χ3n) is 3.96. The fraction of sp³-hybridized carbons (Fsp3) is 0.278. The molecule has 1 atom stereocenters. The Labute approximate surface area is 125 Å². The molecule has 108 valence electrons. The monoisotopic (exact) mass is 279 g/mol. The highest BCUT2D eigenvalue weighted by Gasteiger charge is 2.09. The van der Waals surface area contributed by atoms with Crippen LogP contribution in [0.25, 0.3) is 10.9 Å². The maximum Gasteiger partial charge on any atom is 0.0671 e. The Balaban J connectivity index is 1.82. The average molecular weight is 279 g/mol. The lowest BCUT2D eigenvalue weighted by Gasteiger charge is -2.17. The van der Waals surface area contributed by atoms with E-state index >= 15 is 0 Å². The van der Waals surface area contributed by atoms with Gasteiger partial charge in [-0.15, -0.1) is 0 Å². The van der Waals surface area contributed by atoms with Crippen LogP contribution in [-0.2, 0) is 0 Å². The largest absolute Gasteiger partial charge is 0.378 e. The normalized spacial score (nSPS) is 12.8. The van der Waals surface area contributed by atoms with Crippen molar-refractivity contribution in [3.63, 3.8) is 0 Å². The Morgan fingerprint density at radius 1 is 0.952 bits per heavy atom. The van der Waals surface area contributed by atoms with E-state index in [4.69, 9.17) is 0 Å². The minimum atomic E-state index is 0.256. The SMILES string of the molecule is CC(C)c1ccc(C(C)Nc2cccc3[nH]ncc23)cc1. The molecule has 0 aliphatic carbocycles. The Bertz CT molecular complexity index is 726. The summed E-state index contributed by atoms with van der Waals surface area (Å²) in [6, 6.07) is 15.3. The van der Waals surface area contributed by atoms with Crippen molar-refractivity contribution in [2.45, 2.75) is 32.7 Å². The summed E-state index contributed by atoms with van der Waals surface area (Å²) in [5.74, 6) is 0.571. The van der Waals surface area contributed by atoms with Gasteiger partial charge in [0.05, 0.1) is 11.7 Å². The van der Waals surface area contributed by atoms with Crippen LogP contribution in [0.15, 0.2) is 48.7 Å². The van der Waals surface area contributed by atoms with Crippen LogP contribution in [0.4, 0.5) is 5.69 Å². The van der Waals surface area contributed by atoms with Crippen LogP contribution in [0.2, 0.25) is 0 Å². The molecule has 1 unspecified atom stereocenters. The summed E-state index contributed by atoms with van der Waals surface area (Å²) in [5, 5.41) is 11.8. The van der Waals surface area contributed by atoms with E-state index in [-0.39, 0.29) is 6.04 Å². The standard InChI is InChI=1S/C18H21N3/c1-12(2)14-7-9-15(10-8-14)13(3)20-17-5-4-6-18-16(17)11-19-21-18/h4-13,20H,1-3H3,(H,19,21). The minimum absolute atomic E-state index is 0.256. The zero-order chi connectivity index (χ0) is 14.8. The Morgan fingerprint density at radius 3 is 2.38 bits per heavy atom. The fourth-order valence-electron chi connectivity index (χ4n) is 2.58. The topological polar surface area (TPSA) is 40.7 Å². The second-order valence-corrected chi connectivity index (χ2v) is 5.82. The third-order valence-corrected chi connectivity index (χ3v) is 3.96. The number of hydrogen-bond acceptors (Lipinski definition) is 2. The van der Waals surface area contributed by atoms with Gasteiger partial charge in [0.15, 0.2) is 0 Å². The summed E-state index contributed by atoms with van der Waals surface area (Å²) in [6.07, 6.45) is 1.87. The summed E-state index contributed by atoms with van der Waals surface area (Å²) in [6.45, 7) is 6.62. The van der Waals surface area contributed by atoms with E-state index in [0.717, 1.165) is 16.6 Å². The number of rotatable bonds is 4. The van der Waals surface area contributed by atoms with Crippen molar-refractivity contribution in [1.29, 1.82) is 0 Å². The Kier molecular flexibility index (Phi) is 3.65. The van der Waals surface area contributed by atoms with Gasteiger partial charge >= 0.3 is 0 Å². The molecule has 2 N–H and O–H groups in total. The third kappa shape index (κ3) is 2.77. The molecule has 0 saturated heterocycles. The minimum Gasteiger partial charge on any atom is -0.378 e. The maximum atomic E-state index is 4.11. The predicted octanol–water partition coefficient (Wildman–Crippen LogP) is 4.86. The highest BCUT2D eigenvalue weighted by atomic mass is 15.1. The Morgan fingerprint density at radius 2 is 1.67 bits per heavy atom. The number of nitrogens with zero attached hydrogens (tertiary/aromatic N) is 1. The van der Waals surface area contributed by atoms with E-state index in [1.165, 1.54) is 11.1 Å². The molecule has 0 aliphatic rings. The zero-order valence-corrected chi connectivity index (χ0v) is 12.7. The summed E-state index contributed by atoms with van der Waals surface area (Å²) >= 11 is 0. The van der Waals surface area contributed by atoms with Crippen LogP contribution in [0.5, 0.6) is 0 Å². The molecule has 0 fully saturated rings. The first-order valence-corrected chi connectivity index (χ1v) is 7.43. The van der Waals surface area contributed by atoms with Crippen molar-refractivity contribution in [2.24, 2.45) is 0 Å². The van der Waals surface area contributed by atoms with Gasteiger partial charge in [0.25, 0.3) is 0 Å². The van der Waals surface area contributed by atoms with E-state index in [2.05, 4.69) is 66.6 Å². The van der Waals surface area contributed by atoms with E-state index in [1.807, 2.05) is 18.3 Å². The molecule has 0 aliphatic heterocycles. The van der Waals surface area contributed by atoms with Crippen molar-refractivity contribution in [1.82, 2.24) is 10.2 Å². The Hall–Kier alpha value is -2.29. The van der Waals surface area contributed by atoms with Gasteiger partial charge in [-0.3, -0.25) is 5.10 Å². The van der Waals surface area contributed by atoms with Crippen molar-refractivity contribution in [2.75, 3.05) is 5.32 Å². The second kappa shape index (κ2) is 5.60. The van der Waals surface area contributed by atoms with Gasteiger partial charge in [0.2, 0.25) is 0 Å². The number of hydrogen-bond donors (Lipinski definition) is 2. The molecule has 1 aromatic heterocycles. The van der Waals surface area contributed by atoms with Gasteiger partial charge in [-0.25, -0.2) is 0 Å². The highest BCUT2D eigenvalue weighted by molar-refractivity contribution is 5.90. The molecule has 3 aromatic rings. The number of nitrogens with one attached hydrogen (secondary N) is 2. The van der Waals surface area contributed by atoms with Gasteiger partial charge in [-0.05, 0) is 36.1 Å². The molecule has 1 heterocycles. The molecule has 0 bridgehead atoms. The van der Waals surface area contributed by atoms with Gasteiger partial charge in [-0.1, -0.05) is 44.2 Å². The van der Waals surface area contributed by atoms with Crippen LogP contribution in [-0.4, -0.2) is 10.2 Å². The maximum absolute atomic E-state index is 4.11. The van der Waals surface area contributed by atoms with E-state index in [9.17, 15) is 0 Å². The first-order chi connectivity index (χ1) is 10.1. The number of aromatic amines is 1. The first-order valence-electron chi connectivity index (χ1n) is 7.43. The summed E-state index contributed by atoms with van der Waals surface area (Å²) in [7, 11) is 0. The first kappa shape index (κ1) is 13.7. The van der Waals surface area contributed by atoms with Crippen molar-refractivity contribution >= 4 is 16.6 Å². The fourth-order valence-corrected chi connectivity index (χ4v) is 2.58. The van der Waals surface area contributed by atoms with Crippen molar-refractivity contribution < 1.29 is 0 Å². The van der Waals surface area contributed by atoms with E-state index in [1.54, 1.807) is 0 Å². The lowest BCUT2D eigenvalue weighted by atomic mass is 9.99. The van der Waals surface area contributed by atoms with Gasteiger partial charge in [0.1, 0.15) is 0 Å². The number of H-pyrrole nitrogens is 1. The van der Waals surface area contributed by atoms with Gasteiger partial charge < -0.3 is 5.32 Å². The van der Waals surface area contributed by atoms with Crippen molar-refractivity contribution in [3.8, 4) is 0 Å². The molecule has 21 heavy (non-hydrogen) atoms. The molecule has 3 rings (SSSR count).